The average molecular weight is 281 g/mol. The number of oxime groups is 1. The van der Waals surface area contributed by atoms with Crippen LogP contribution in [0.4, 0.5) is 13.2 Å². The molecule has 0 amide bonds. The van der Waals surface area contributed by atoms with E-state index in [0.717, 1.165) is 0 Å². The zero-order chi connectivity index (χ0) is 14.8. The first kappa shape index (κ1) is 15.8. The van der Waals surface area contributed by atoms with Crippen LogP contribution < -0.4 is 0 Å². The lowest BCUT2D eigenvalue weighted by Gasteiger charge is -2.31. The number of ether oxygens (including phenoxy) is 1. The molecule has 19 heavy (non-hydrogen) atoms. The molecule has 0 radical (unpaired) electrons. The molecule has 110 valence electrons. The Labute approximate surface area is 109 Å². The Hall–Kier alpha value is -1.27. The maximum atomic E-state index is 13.3. The summed E-state index contributed by atoms with van der Waals surface area (Å²) in [7, 11) is 0. The molecule has 0 saturated carbocycles. The molecule has 1 aliphatic heterocycles. The van der Waals surface area contributed by atoms with Gasteiger partial charge in [-0.2, -0.15) is 13.2 Å². The number of halogens is 3. The molecular formula is C12H18F3NO3. The first-order valence-electron chi connectivity index (χ1n) is 6.20. The summed E-state index contributed by atoms with van der Waals surface area (Å²) in [5.74, 6) is -3.53. The van der Waals surface area contributed by atoms with Crippen molar-refractivity contribution in [2.75, 3.05) is 6.61 Å². The summed E-state index contributed by atoms with van der Waals surface area (Å²) in [6.45, 7) is 6.14. The summed E-state index contributed by atoms with van der Waals surface area (Å²) < 4.78 is 44.6. The Morgan fingerprint density at radius 2 is 2.05 bits per heavy atom. The molecule has 2 atom stereocenters. The molecule has 1 heterocycles. The van der Waals surface area contributed by atoms with Gasteiger partial charge in [-0.3, -0.25) is 0 Å². The van der Waals surface area contributed by atoms with Gasteiger partial charge in [-0.25, -0.2) is 4.79 Å². The zero-order valence-corrected chi connectivity index (χ0v) is 11.4. The van der Waals surface area contributed by atoms with E-state index < -0.39 is 29.6 Å². The zero-order valence-electron chi connectivity index (χ0n) is 11.4. The van der Waals surface area contributed by atoms with Crippen LogP contribution in [0.5, 0.6) is 0 Å². The molecule has 0 bridgehead atoms. The third kappa shape index (κ3) is 2.69. The summed E-state index contributed by atoms with van der Waals surface area (Å²) in [5.41, 5.74) is -2.25. The van der Waals surface area contributed by atoms with E-state index in [4.69, 9.17) is 9.57 Å². The van der Waals surface area contributed by atoms with Gasteiger partial charge in [-0.1, -0.05) is 25.9 Å². The van der Waals surface area contributed by atoms with Gasteiger partial charge in [0.2, 0.25) is 5.60 Å². The molecule has 1 rings (SSSR count). The predicted molar refractivity (Wildman–Crippen MR) is 62.6 cm³/mol. The molecule has 0 spiro atoms. The maximum absolute atomic E-state index is 13.3. The predicted octanol–water partition coefficient (Wildman–Crippen LogP) is 2.92. The summed E-state index contributed by atoms with van der Waals surface area (Å²) >= 11 is 0. The van der Waals surface area contributed by atoms with Crippen LogP contribution in [0.2, 0.25) is 0 Å². The van der Waals surface area contributed by atoms with Gasteiger partial charge in [-0.05, 0) is 19.3 Å². The summed E-state index contributed by atoms with van der Waals surface area (Å²) in [5, 5.41) is 3.51. The molecule has 0 aromatic carbocycles. The van der Waals surface area contributed by atoms with Crippen molar-refractivity contribution in [2.24, 2.45) is 17.0 Å². The van der Waals surface area contributed by atoms with Crippen LogP contribution in [-0.2, 0) is 14.4 Å². The standard InChI is InChI=1S/C12H18F3NO3/c1-5-11(10(17)18-6-2)9(12(13,14)15)8(7(3)4)16-19-11/h7,9H,5-6H2,1-4H3. The lowest BCUT2D eigenvalue weighted by Crippen LogP contribution is -2.54. The SMILES string of the molecule is CCOC(=O)C1(CC)ON=C(C(C)C)C1C(F)(F)F. The van der Waals surface area contributed by atoms with E-state index in [1.807, 2.05) is 0 Å². The van der Waals surface area contributed by atoms with Gasteiger partial charge in [0.1, 0.15) is 5.92 Å². The highest BCUT2D eigenvalue weighted by molar-refractivity contribution is 5.97. The van der Waals surface area contributed by atoms with Gasteiger partial charge in [0, 0.05) is 0 Å². The van der Waals surface area contributed by atoms with Crippen molar-refractivity contribution in [3.63, 3.8) is 0 Å². The van der Waals surface area contributed by atoms with E-state index in [0.29, 0.717) is 0 Å². The van der Waals surface area contributed by atoms with Gasteiger partial charge >= 0.3 is 12.1 Å². The fraction of sp³-hybridized carbons (Fsp3) is 0.833. The normalized spacial score (nSPS) is 27.2. The Morgan fingerprint density at radius 3 is 2.42 bits per heavy atom. The van der Waals surface area contributed by atoms with Crippen LogP contribution in [0.25, 0.3) is 0 Å². The van der Waals surface area contributed by atoms with E-state index in [1.165, 1.54) is 13.8 Å². The molecule has 2 unspecified atom stereocenters. The van der Waals surface area contributed by atoms with Crippen LogP contribution in [0.1, 0.15) is 34.1 Å². The molecule has 0 aromatic heterocycles. The highest BCUT2D eigenvalue weighted by atomic mass is 19.4. The number of carbonyl (C=O) groups is 1. The van der Waals surface area contributed by atoms with E-state index in [2.05, 4.69) is 5.16 Å². The van der Waals surface area contributed by atoms with Crippen molar-refractivity contribution in [3.05, 3.63) is 0 Å². The smallest absolute Gasteiger partial charge is 0.401 e. The van der Waals surface area contributed by atoms with Crippen molar-refractivity contribution in [1.29, 1.82) is 0 Å². The second kappa shape index (κ2) is 5.38. The Morgan fingerprint density at radius 1 is 1.47 bits per heavy atom. The molecular weight excluding hydrogens is 263 g/mol. The van der Waals surface area contributed by atoms with Gasteiger partial charge in [0.15, 0.2) is 0 Å². The largest absolute Gasteiger partial charge is 0.463 e. The van der Waals surface area contributed by atoms with Crippen LogP contribution in [0.3, 0.4) is 0 Å². The lowest BCUT2D eigenvalue weighted by atomic mass is 9.78. The molecule has 0 N–H and O–H groups in total. The van der Waals surface area contributed by atoms with E-state index in [-0.39, 0.29) is 18.7 Å². The molecule has 0 fully saturated rings. The second-order valence-electron chi connectivity index (χ2n) is 4.70. The van der Waals surface area contributed by atoms with Gasteiger partial charge in [0.05, 0.1) is 12.3 Å². The number of carbonyl (C=O) groups excluding carboxylic acids is 1. The topological polar surface area (TPSA) is 47.9 Å². The highest BCUT2D eigenvalue weighted by Crippen LogP contribution is 2.45. The minimum atomic E-state index is -4.61. The van der Waals surface area contributed by atoms with Crippen molar-refractivity contribution in [1.82, 2.24) is 0 Å². The third-order valence-electron chi connectivity index (χ3n) is 3.14. The van der Waals surface area contributed by atoms with E-state index >= 15 is 0 Å². The molecule has 4 nitrogen and oxygen atoms in total. The number of hydrogen-bond acceptors (Lipinski definition) is 4. The third-order valence-corrected chi connectivity index (χ3v) is 3.14. The summed E-state index contributed by atoms with van der Waals surface area (Å²) in [4.78, 5) is 16.8. The summed E-state index contributed by atoms with van der Waals surface area (Å²) in [6.07, 6.45) is -4.77. The number of rotatable bonds is 4. The van der Waals surface area contributed by atoms with E-state index in [1.54, 1.807) is 13.8 Å². The fourth-order valence-electron chi connectivity index (χ4n) is 2.17. The van der Waals surface area contributed by atoms with Crippen molar-refractivity contribution in [3.8, 4) is 0 Å². The monoisotopic (exact) mass is 281 g/mol. The minimum absolute atomic E-state index is 0.00840. The molecule has 7 heteroatoms. The van der Waals surface area contributed by atoms with Crippen LogP contribution >= 0.6 is 0 Å². The van der Waals surface area contributed by atoms with Crippen LogP contribution in [0.15, 0.2) is 5.16 Å². The average Bonchev–Trinajstić information content (AvgIpc) is 2.69. The van der Waals surface area contributed by atoms with Gasteiger partial charge in [-0.15, -0.1) is 0 Å². The first-order valence-corrected chi connectivity index (χ1v) is 6.20. The van der Waals surface area contributed by atoms with Gasteiger partial charge < -0.3 is 9.57 Å². The molecule has 0 aliphatic carbocycles. The molecule has 1 aliphatic rings. The Balaban J connectivity index is 3.23. The van der Waals surface area contributed by atoms with E-state index in [9.17, 15) is 18.0 Å². The first-order chi connectivity index (χ1) is 8.70. The van der Waals surface area contributed by atoms with Crippen molar-refractivity contribution in [2.45, 2.75) is 45.9 Å². The summed E-state index contributed by atoms with van der Waals surface area (Å²) in [6, 6.07) is 0. The molecule has 0 saturated heterocycles. The van der Waals surface area contributed by atoms with Crippen LogP contribution in [0, 0.1) is 11.8 Å². The minimum Gasteiger partial charge on any atom is -0.463 e. The Bertz CT molecular complexity index is 379. The van der Waals surface area contributed by atoms with Crippen molar-refractivity contribution < 1.29 is 27.5 Å². The maximum Gasteiger partial charge on any atom is 0.401 e. The Kier molecular flexibility index (Phi) is 4.47. The number of esters is 1. The fourth-order valence-corrected chi connectivity index (χ4v) is 2.17. The number of alkyl halides is 3. The number of hydrogen-bond donors (Lipinski definition) is 0. The van der Waals surface area contributed by atoms with Gasteiger partial charge in [0.25, 0.3) is 0 Å². The quantitative estimate of drug-likeness (QED) is 0.744. The van der Waals surface area contributed by atoms with Crippen LogP contribution in [-0.4, -0.2) is 30.1 Å². The second-order valence-corrected chi connectivity index (χ2v) is 4.70. The highest BCUT2D eigenvalue weighted by Gasteiger charge is 2.66. The molecule has 0 aromatic rings. The van der Waals surface area contributed by atoms with Crippen molar-refractivity contribution >= 4 is 11.7 Å². The number of nitrogens with zero attached hydrogens (tertiary/aromatic N) is 1. The lowest BCUT2D eigenvalue weighted by molar-refractivity contribution is -0.219.